The van der Waals surface area contributed by atoms with Crippen LogP contribution in [0.5, 0.6) is 0 Å². The fourth-order valence-corrected chi connectivity index (χ4v) is 1.77. The Morgan fingerprint density at radius 2 is 2.33 bits per heavy atom. The van der Waals surface area contributed by atoms with Crippen LogP contribution < -0.4 is 5.32 Å². The zero-order valence-electron chi connectivity index (χ0n) is 9.33. The summed E-state index contributed by atoms with van der Waals surface area (Å²) < 4.78 is 2.91. The topological polar surface area (TPSA) is 29.9 Å². The molecule has 0 bridgehead atoms. The van der Waals surface area contributed by atoms with Crippen LogP contribution in [0.4, 0.5) is 0 Å². The number of hydrogen-bond acceptors (Lipinski definition) is 2. The minimum absolute atomic E-state index is 1.04. The molecule has 0 fully saturated rings. The molecule has 1 rings (SSSR count). The molecule has 1 aromatic heterocycles. The van der Waals surface area contributed by atoms with Crippen molar-refractivity contribution in [2.45, 2.75) is 19.8 Å². The Labute approximate surface area is 99.7 Å². The average molecular weight is 272 g/mol. The lowest BCUT2D eigenvalue weighted by atomic mass is 10.3. The summed E-state index contributed by atoms with van der Waals surface area (Å²) in [5.74, 6) is 0. The van der Waals surface area contributed by atoms with Crippen molar-refractivity contribution in [2.24, 2.45) is 7.05 Å². The summed E-state index contributed by atoms with van der Waals surface area (Å²) in [5, 5.41) is 7.51. The maximum atomic E-state index is 4.15. The zero-order chi connectivity index (χ0) is 11.1. The maximum absolute atomic E-state index is 4.15. The summed E-state index contributed by atoms with van der Waals surface area (Å²) in [7, 11) is 1.94. The summed E-state index contributed by atoms with van der Waals surface area (Å²) >= 11 is 3.46. The van der Waals surface area contributed by atoms with Crippen molar-refractivity contribution < 1.29 is 0 Å². The predicted octanol–water partition coefficient (Wildman–Crippen LogP) is 2.59. The fourth-order valence-electron chi connectivity index (χ4n) is 1.29. The van der Waals surface area contributed by atoms with Crippen molar-refractivity contribution in [2.75, 3.05) is 13.1 Å². The van der Waals surface area contributed by atoms with Crippen LogP contribution in [0.1, 0.15) is 25.5 Å². The first-order valence-corrected chi connectivity index (χ1v) is 6.09. The number of nitrogens with one attached hydrogen (secondary N) is 1. The first-order valence-electron chi connectivity index (χ1n) is 5.30. The third-order valence-electron chi connectivity index (χ3n) is 2.13. The van der Waals surface area contributed by atoms with Crippen molar-refractivity contribution in [3.8, 4) is 0 Å². The van der Waals surface area contributed by atoms with Gasteiger partial charge in [0.25, 0.3) is 0 Å². The molecule has 0 aliphatic rings. The Morgan fingerprint density at radius 3 is 2.93 bits per heavy atom. The molecule has 3 nitrogen and oxygen atoms in total. The van der Waals surface area contributed by atoms with Gasteiger partial charge in [-0.2, -0.15) is 5.10 Å². The molecule has 0 aliphatic heterocycles. The molecule has 0 atom stereocenters. The number of hydrogen-bond donors (Lipinski definition) is 1. The lowest BCUT2D eigenvalue weighted by Gasteiger charge is -1.99. The van der Waals surface area contributed by atoms with Crippen molar-refractivity contribution in [3.05, 3.63) is 22.4 Å². The molecule has 0 unspecified atom stereocenters. The first kappa shape index (κ1) is 12.5. The van der Waals surface area contributed by atoms with E-state index in [2.05, 4.69) is 45.4 Å². The van der Waals surface area contributed by atoms with Crippen LogP contribution in [0.2, 0.25) is 0 Å². The molecule has 84 valence electrons. The smallest absolute Gasteiger partial charge is 0.0745 e. The molecular weight excluding hydrogens is 254 g/mol. The SMILES string of the molecule is CCCNCC/C=C/c1c(Br)cnn1C. The average Bonchev–Trinajstić information content (AvgIpc) is 2.54. The van der Waals surface area contributed by atoms with Crippen LogP contribution >= 0.6 is 15.9 Å². The van der Waals surface area contributed by atoms with E-state index in [-0.39, 0.29) is 0 Å². The summed E-state index contributed by atoms with van der Waals surface area (Å²) in [6.07, 6.45) is 8.33. The summed E-state index contributed by atoms with van der Waals surface area (Å²) in [6.45, 7) is 4.32. The Bertz CT molecular complexity index is 298. The van der Waals surface area contributed by atoms with Gasteiger partial charge in [-0.15, -0.1) is 0 Å². The van der Waals surface area contributed by atoms with Gasteiger partial charge in [0.2, 0.25) is 0 Å². The lowest BCUT2D eigenvalue weighted by Crippen LogP contribution is -2.14. The molecular formula is C11H18BrN3. The van der Waals surface area contributed by atoms with Gasteiger partial charge in [0, 0.05) is 7.05 Å². The van der Waals surface area contributed by atoms with Gasteiger partial charge in [-0.3, -0.25) is 4.68 Å². The van der Waals surface area contributed by atoms with E-state index in [0.29, 0.717) is 0 Å². The summed E-state index contributed by atoms with van der Waals surface area (Å²) in [5.41, 5.74) is 1.12. The molecule has 15 heavy (non-hydrogen) atoms. The van der Waals surface area contributed by atoms with Crippen LogP contribution in [0.25, 0.3) is 6.08 Å². The van der Waals surface area contributed by atoms with Crippen LogP contribution in [0.3, 0.4) is 0 Å². The molecule has 1 aromatic rings. The van der Waals surface area contributed by atoms with Gasteiger partial charge in [-0.05, 0) is 47.9 Å². The summed E-state index contributed by atoms with van der Waals surface area (Å²) in [4.78, 5) is 0. The lowest BCUT2D eigenvalue weighted by molar-refractivity contribution is 0.678. The van der Waals surface area contributed by atoms with Gasteiger partial charge in [0.1, 0.15) is 0 Å². The third kappa shape index (κ3) is 4.18. The van der Waals surface area contributed by atoms with Crippen LogP contribution in [-0.4, -0.2) is 22.9 Å². The van der Waals surface area contributed by atoms with Gasteiger partial charge in [-0.25, -0.2) is 0 Å². The highest BCUT2D eigenvalue weighted by molar-refractivity contribution is 9.10. The highest BCUT2D eigenvalue weighted by atomic mass is 79.9. The Balaban J connectivity index is 2.32. The van der Waals surface area contributed by atoms with Crippen molar-refractivity contribution in [3.63, 3.8) is 0 Å². The molecule has 1 N–H and O–H groups in total. The standard InChI is InChI=1S/C11H18BrN3/c1-3-7-13-8-5-4-6-11-10(12)9-14-15(11)2/h4,6,9,13H,3,5,7-8H2,1-2H3/b6-4+. The Morgan fingerprint density at radius 1 is 1.53 bits per heavy atom. The Kier molecular flexibility index (Phi) is 5.65. The van der Waals surface area contributed by atoms with Crippen molar-refractivity contribution >= 4 is 22.0 Å². The number of rotatable bonds is 6. The number of nitrogens with zero attached hydrogens (tertiary/aromatic N) is 2. The van der Waals surface area contributed by atoms with Crippen molar-refractivity contribution in [1.29, 1.82) is 0 Å². The zero-order valence-corrected chi connectivity index (χ0v) is 10.9. The quantitative estimate of drug-likeness (QED) is 0.807. The van der Waals surface area contributed by atoms with E-state index in [1.54, 1.807) is 0 Å². The van der Waals surface area contributed by atoms with E-state index in [1.165, 1.54) is 6.42 Å². The number of aromatic nitrogens is 2. The number of aryl methyl sites for hydroxylation is 1. The van der Waals surface area contributed by atoms with E-state index in [4.69, 9.17) is 0 Å². The molecule has 0 saturated heterocycles. The maximum Gasteiger partial charge on any atom is 0.0745 e. The summed E-state index contributed by atoms with van der Waals surface area (Å²) in [6, 6.07) is 0. The van der Waals surface area contributed by atoms with E-state index < -0.39 is 0 Å². The normalized spacial score (nSPS) is 11.4. The largest absolute Gasteiger partial charge is 0.316 e. The van der Waals surface area contributed by atoms with Crippen LogP contribution in [0, 0.1) is 0 Å². The molecule has 0 amide bonds. The third-order valence-corrected chi connectivity index (χ3v) is 2.74. The molecule has 0 aliphatic carbocycles. The molecule has 1 heterocycles. The highest BCUT2D eigenvalue weighted by Gasteiger charge is 2.00. The minimum Gasteiger partial charge on any atom is -0.316 e. The van der Waals surface area contributed by atoms with Crippen LogP contribution in [-0.2, 0) is 7.05 Å². The predicted molar refractivity (Wildman–Crippen MR) is 67.7 cm³/mol. The molecule has 4 heteroatoms. The number of halogens is 1. The second-order valence-electron chi connectivity index (χ2n) is 3.44. The minimum atomic E-state index is 1.04. The van der Waals surface area contributed by atoms with E-state index >= 15 is 0 Å². The molecule has 0 radical (unpaired) electrons. The van der Waals surface area contributed by atoms with Gasteiger partial charge < -0.3 is 5.32 Å². The van der Waals surface area contributed by atoms with Gasteiger partial charge in [0.05, 0.1) is 16.4 Å². The second-order valence-corrected chi connectivity index (χ2v) is 4.30. The van der Waals surface area contributed by atoms with E-state index in [1.807, 2.05) is 17.9 Å². The van der Waals surface area contributed by atoms with Gasteiger partial charge >= 0.3 is 0 Å². The highest BCUT2D eigenvalue weighted by Crippen LogP contribution is 2.16. The van der Waals surface area contributed by atoms with Crippen LogP contribution in [0.15, 0.2) is 16.7 Å². The van der Waals surface area contributed by atoms with Gasteiger partial charge in [-0.1, -0.05) is 13.0 Å². The van der Waals surface area contributed by atoms with E-state index in [9.17, 15) is 0 Å². The van der Waals surface area contributed by atoms with Crippen molar-refractivity contribution in [1.82, 2.24) is 15.1 Å². The second kappa shape index (κ2) is 6.80. The molecule has 0 aromatic carbocycles. The fraction of sp³-hybridized carbons (Fsp3) is 0.545. The molecule has 0 spiro atoms. The monoisotopic (exact) mass is 271 g/mol. The first-order chi connectivity index (χ1) is 7.25. The van der Waals surface area contributed by atoms with E-state index in [0.717, 1.165) is 29.7 Å². The Hall–Kier alpha value is -0.610. The molecule has 0 saturated carbocycles. The van der Waals surface area contributed by atoms with Gasteiger partial charge in [0.15, 0.2) is 0 Å².